The highest BCUT2D eigenvalue weighted by molar-refractivity contribution is 6.09. The molecule has 0 bridgehead atoms. The lowest BCUT2D eigenvalue weighted by molar-refractivity contribution is -0.114. The number of carbonyl (C=O) groups is 2. The zero-order chi connectivity index (χ0) is 21.1. The zero-order valence-electron chi connectivity index (χ0n) is 16.1. The first kappa shape index (κ1) is 19.1. The smallest absolute Gasteiger partial charge is 0.344 e. The van der Waals surface area contributed by atoms with E-state index < -0.39 is 5.63 Å². The van der Waals surface area contributed by atoms with Crippen LogP contribution in [-0.2, 0) is 4.79 Å². The minimum absolute atomic E-state index is 0.199. The van der Waals surface area contributed by atoms with Crippen LogP contribution in [0.2, 0.25) is 0 Å². The van der Waals surface area contributed by atoms with Gasteiger partial charge in [0.1, 0.15) is 5.76 Å². The highest BCUT2D eigenvalue weighted by atomic mass is 16.4. The van der Waals surface area contributed by atoms with Gasteiger partial charge in [-0.2, -0.15) is 0 Å². The standard InChI is InChI=1S/C24H18N2O4/c1-15(27)25-17-8-6-9-18(14-17)26-23(28)21-12-5-4-11-20(21)22-13-16-7-2-3-10-19(16)24(29)30-22/h2-14H,1H3,(H,25,27)(H,26,28). The molecular weight excluding hydrogens is 380 g/mol. The van der Waals surface area contributed by atoms with Crippen molar-refractivity contribution in [3.63, 3.8) is 0 Å². The third kappa shape index (κ3) is 3.98. The molecule has 0 radical (unpaired) electrons. The summed E-state index contributed by atoms with van der Waals surface area (Å²) < 4.78 is 5.50. The molecule has 4 rings (SSSR count). The summed E-state index contributed by atoms with van der Waals surface area (Å²) in [4.78, 5) is 36.6. The Morgan fingerprint density at radius 2 is 1.50 bits per heavy atom. The fourth-order valence-corrected chi connectivity index (χ4v) is 3.24. The number of benzene rings is 3. The number of rotatable bonds is 4. The molecule has 0 aliphatic carbocycles. The molecule has 0 unspecified atom stereocenters. The first-order valence-electron chi connectivity index (χ1n) is 9.32. The van der Waals surface area contributed by atoms with Gasteiger partial charge in [0.05, 0.1) is 10.9 Å². The summed E-state index contributed by atoms with van der Waals surface area (Å²) >= 11 is 0. The van der Waals surface area contributed by atoms with E-state index in [0.29, 0.717) is 33.6 Å². The normalized spacial score (nSPS) is 10.6. The summed E-state index contributed by atoms with van der Waals surface area (Å²) in [7, 11) is 0. The van der Waals surface area contributed by atoms with E-state index in [1.54, 1.807) is 66.7 Å². The Labute approximate surface area is 172 Å². The average Bonchev–Trinajstić information content (AvgIpc) is 2.73. The molecule has 1 aromatic heterocycles. The van der Waals surface area contributed by atoms with E-state index in [1.165, 1.54) is 6.92 Å². The van der Waals surface area contributed by atoms with Crippen molar-refractivity contribution in [3.8, 4) is 11.3 Å². The Morgan fingerprint density at radius 1 is 0.800 bits per heavy atom. The summed E-state index contributed by atoms with van der Waals surface area (Å²) in [6.45, 7) is 1.42. The number of hydrogen-bond donors (Lipinski definition) is 2. The predicted octanol–water partition coefficient (Wildman–Crippen LogP) is 4.67. The second-order valence-electron chi connectivity index (χ2n) is 6.75. The van der Waals surface area contributed by atoms with E-state index in [-0.39, 0.29) is 11.8 Å². The minimum Gasteiger partial charge on any atom is -0.422 e. The van der Waals surface area contributed by atoms with Crippen molar-refractivity contribution in [3.05, 3.63) is 94.8 Å². The number of hydrogen-bond acceptors (Lipinski definition) is 4. The predicted molar refractivity (Wildman–Crippen MR) is 117 cm³/mol. The molecule has 3 aromatic carbocycles. The van der Waals surface area contributed by atoms with E-state index in [2.05, 4.69) is 10.6 Å². The van der Waals surface area contributed by atoms with Crippen molar-refractivity contribution in [2.24, 2.45) is 0 Å². The van der Waals surface area contributed by atoms with Crippen LogP contribution in [0.5, 0.6) is 0 Å². The Morgan fingerprint density at radius 3 is 2.30 bits per heavy atom. The van der Waals surface area contributed by atoms with Gasteiger partial charge in [-0.15, -0.1) is 0 Å². The molecule has 148 valence electrons. The summed E-state index contributed by atoms with van der Waals surface area (Å²) in [5.74, 6) is -0.243. The van der Waals surface area contributed by atoms with Crippen LogP contribution in [0.4, 0.5) is 11.4 Å². The van der Waals surface area contributed by atoms with E-state index >= 15 is 0 Å². The molecular formula is C24H18N2O4. The molecule has 6 heteroatoms. The maximum atomic E-state index is 13.0. The Balaban J connectivity index is 1.70. The number of fused-ring (bicyclic) bond motifs is 1. The molecule has 0 saturated carbocycles. The SMILES string of the molecule is CC(=O)Nc1cccc(NC(=O)c2ccccc2-c2cc3ccccc3c(=O)o2)c1. The van der Waals surface area contributed by atoms with Crippen molar-refractivity contribution in [2.45, 2.75) is 6.92 Å². The Bertz CT molecular complexity index is 1320. The van der Waals surface area contributed by atoms with Gasteiger partial charge in [-0.1, -0.05) is 42.5 Å². The van der Waals surface area contributed by atoms with Crippen molar-refractivity contribution in [1.82, 2.24) is 0 Å². The minimum atomic E-state index is -0.457. The molecule has 0 saturated heterocycles. The van der Waals surface area contributed by atoms with Gasteiger partial charge in [0.25, 0.3) is 5.91 Å². The van der Waals surface area contributed by atoms with Crippen molar-refractivity contribution >= 4 is 34.0 Å². The molecule has 0 atom stereocenters. The summed E-state index contributed by atoms with van der Waals surface area (Å²) in [6, 6.07) is 22.7. The van der Waals surface area contributed by atoms with Gasteiger partial charge in [0, 0.05) is 23.9 Å². The quantitative estimate of drug-likeness (QED) is 0.523. The van der Waals surface area contributed by atoms with Crippen LogP contribution in [0, 0.1) is 0 Å². The third-order valence-corrected chi connectivity index (χ3v) is 4.55. The summed E-state index contributed by atoms with van der Waals surface area (Å²) in [6.07, 6.45) is 0. The molecule has 30 heavy (non-hydrogen) atoms. The summed E-state index contributed by atoms with van der Waals surface area (Å²) in [5.41, 5.74) is 1.52. The van der Waals surface area contributed by atoms with Crippen LogP contribution in [0.15, 0.2) is 88.1 Å². The lowest BCUT2D eigenvalue weighted by Gasteiger charge is -2.11. The number of amides is 2. The highest BCUT2D eigenvalue weighted by Gasteiger charge is 2.16. The van der Waals surface area contributed by atoms with Crippen LogP contribution in [0.3, 0.4) is 0 Å². The van der Waals surface area contributed by atoms with Crippen LogP contribution in [-0.4, -0.2) is 11.8 Å². The van der Waals surface area contributed by atoms with Crippen molar-refractivity contribution < 1.29 is 14.0 Å². The first-order valence-corrected chi connectivity index (χ1v) is 9.32. The maximum Gasteiger partial charge on any atom is 0.344 e. The van der Waals surface area contributed by atoms with Crippen LogP contribution in [0.25, 0.3) is 22.1 Å². The summed E-state index contributed by atoms with van der Waals surface area (Å²) in [5, 5.41) is 6.72. The molecule has 1 heterocycles. The van der Waals surface area contributed by atoms with Crippen molar-refractivity contribution in [1.29, 1.82) is 0 Å². The van der Waals surface area contributed by atoms with Crippen molar-refractivity contribution in [2.75, 3.05) is 10.6 Å². The monoisotopic (exact) mass is 398 g/mol. The van der Waals surface area contributed by atoms with Gasteiger partial charge in [0.2, 0.25) is 5.91 Å². The van der Waals surface area contributed by atoms with E-state index in [1.807, 2.05) is 12.1 Å². The molecule has 4 aromatic rings. The molecule has 0 aliphatic rings. The zero-order valence-corrected chi connectivity index (χ0v) is 16.1. The number of nitrogens with one attached hydrogen (secondary N) is 2. The van der Waals surface area contributed by atoms with Gasteiger partial charge in [-0.3, -0.25) is 9.59 Å². The van der Waals surface area contributed by atoms with Gasteiger partial charge < -0.3 is 15.1 Å². The molecule has 2 amide bonds. The van der Waals surface area contributed by atoms with Gasteiger partial charge in [-0.25, -0.2) is 4.79 Å². The Kier molecular flexibility index (Phi) is 5.13. The molecule has 0 fully saturated rings. The molecule has 2 N–H and O–H groups in total. The van der Waals surface area contributed by atoms with E-state index in [9.17, 15) is 14.4 Å². The second kappa shape index (κ2) is 8.05. The number of carbonyl (C=O) groups excluding carboxylic acids is 2. The van der Waals surface area contributed by atoms with Crippen LogP contribution < -0.4 is 16.3 Å². The van der Waals surface area contributed by atoms with Gasteiger partial charge >= 0.3 is 5.63 Å². The average molecular weight is 398 g/mol. The third-order valence-electron chi connectivity index (χ3n) is 4.55. The Hall–Kier alpha value is -4.19. The maximum absolute atomic E-state index is 13.0. The van der Waals surface area contributed by atoms with Crippen LogP contribution in [0.1, 0.15) is 17.3 Å². The van der Waals surface area contributed by atoms with E-state index in [0.717, 1.165) is 5.39 Å². The van der Waals surface area contributed by atoms with Crippen LogP contribution >= 0.6 is 0 Å². The van der Waals surface area contributed by atoms with Gasteiger partial charge in [-0.05, 0) is 41.8 Å². The van der Waals surface area contributed by atoms with E-state index in [4.69, 9.17) is 4.42 Å². The lowest BCUT2D eigenvalue weighted by atomic mass is 10.0. The second-order valence-corrected chi connectivity index (χ2v) is 6.75. The molecule has 0 aliphatic heterocycles. The van der Waals surface area contributed by atoms with Gasteiger partial charge in [0.15, 0.2) is 0 Å². The molecule has 0 spiro atoms. The largest absolute Gasteiger partial charge is 0.422 e. The fraction of sp³-hybridized carbons (Fsp3) is 0.0417. The highest BCUT2D eigenvalue weighted by Crippen LogP contribution is 2.26. The number of anilines is 2. The first-order chi connectivity index (χ1) is 14.5. The lowest BCUT2D eigenvalue weighted by Crippen LogP contribution is -2.14. The molecule has 6 nitrogen and oxygen atoms in total. The topological polar surface area (TPSA) is 88.4 Å². The fourth-order valence-electron chi connectivity index (χ4n) is 3.24.